The largest absolute Gasteiger partial charge is 0.493 e. The number of alkyl halides is 1. The molecule has 0 aliphatic heterocycles. The quantitative estimate of drug-likeness (QED) is 0.763. The van der Waals surface area contributed by atoms with Gasteiger partial charge in [0.25, 0.3) is 0 Å². The van der Waals surface area contributed by atoms with Gasteiger partial charge in [0, 0.05) is 17.8 Å². The van der Waals surface area contributed by atoms with Gasteiger partial charge in [-0.1, -0.05) is 18.2 Å². The minimum Gasteiger partial charge on any atom is -0.493 e. The Morgan fingerprint density at radius 2 is 1.90 bits per heavy atom. The third-order valence-electron chi connectivity index (χ3n) is 3.16. The summed E-state index contributed by atoms with van der Waals surface area (Å²) < 4.78 is 16.5. The number of para-hydroxylation sites is 1. The van der Waals surface area contributed by atoms with Crippen molar-refractivity contribution in [2.75, 3.05) is 14.2 Å². The molecule has 0 aliphatic carbocycles. The first-order valence-electron chi connectivity index (χ1n) is 6.54. The van der Waals surface area contributed by atoms with E-state index in [1.165, 1.54) is 0 Å². The van der Waals surface area contributed by atoms with Gasteiger partial charge in [-0.2, -0.15) is 0 Å². The monoisotopic (exact) mass is 307 g/mol. The van der Waals surface area contributed by atoms with Crippen LogP contribution in [0.4, 0.5) is 0 Å². The molecule has 5 heteroatoms. The molecule has 0 spiro atoms. The van der Waals surface area contributed by atoms with Crippen molar-refractivity contribution in [1.29, 1.82) is 0 Å². The Hall–Kier alpha value is -1.94. The van der Waals surface area contributed by atoms with Crippen LogP contribution in [0.25, 0.3) is 0 Å². The fourth-order valence-electron chi connectivity index (χ4n) is 2.12. The smallest absolute Gasteiger partial charge is 0.185 e. The SMILES string of the molecule is COc1ccnc(COc2c(C)cccc2CCl)c1OC. The van der Waals surface area contributed by atoms with Crippen LogP contribution in [0.5, 0.6) is 17.2 Å². The van der Waals surface area contributed by atoms with Gasteiger partial charge in [-0.05, 0) is 12.5 Å². The summed E-state index contributed by atoms with van der Waals surface area (Å²) in [4.78, 5) is 4.30. The summed E-state index contributed by atoms with van der Waals surface area (Å²) in [6, 6.07) is 7.65. The summed E-state index contributed by atoms with van der Waals surface area (Å²) >= 11 is 5.95. The molecule has 0 aliphatic rings. The number of aryl methyl sites for hydroxylation is 1. The lowest BCUT2D eigenvalue weighted by molar-refractivity contribution is 0.281. The normalized spacial score (nSPS) is 10.3. The molecule has 0 atom stereocenters. The summed E-state index contributed by atoms with van der Waals surface area (Å²) in [5, 5.41) is 0. The van der Waals surface area contributed by atoms with Crippen LogP contribution in [0.1, 0.15) is 16.8 Å². The van der Waals surface area contributed by atoms with Crippen molar-refractivity contribution in [2.24, 2.45) is 0 Å². The van der Waals surface area contributed by atoms with E-state index in [0.29, 0.717) is 23.1 Å². The lowest BCUT2D eigenvalue weighted by atomic mass is 10.1. The molecule has 0 N–H and O–H groups in total. The second-order valence-corrected chi connectivity index (χ2v) is 4.75. The van der Waals surface area contributed by atoms with E-state index in [2.05, 4.69) is 4.98 Å². The fraction of sp³-hybridized carbons (Fsp3) is 0.312. The molecule has 1 aromatic carbocycles. The number of rotatable bonds is 6. The summed E-state index contributed by atoms with van der Waals surface area (Å²) in [5.41, 5.74) is 2.68. The van der Waals surface area contributed by atoms with Gasteiger partial charge < -0.3 is 14.2 Å². The van der Waals surface area contributed by atoms with Crippen molar-refractivity contribution in [3.8, 4) is 17.2 Å². The highest BCUT2D eigenvalue weighted by Gasteiger charge is 2.13. The third-order valence-corrected chi connectivity index (χ3v) is 3.44. The van der Waals surface area contributed by atoms with Crippen molar-refractivity contribution in [3.05, 3.63) is 47.3 Å². The zero-order chi connectivity index (χ0) is 15.2. The number of pyridine rings is 1. The molecule has 0 radical (unpaired) electrons. The molecular formula is C16H18ClNO3. The number of benzene rings is 1. The molecule has 0 saturated heterocycles. The van der Waals surface area contributed by atoms with Gasteiger partial charge >= 0.3 is 0 Å². The van der Waals surface area contributed by atoms with E-state index >= 15 is 0 Å². The molecule has 0 fully saturated rings. The number of halogens is 1. The van der Waals surface area contributed by atoms with E-state index in [9.17, 15) is 0 Å². The van der Waals surface area contributed by atoms with E-state index in [-0.39, 0.29) is 6.61 Å². The maximum Gasteiger partial charge on any atom is 0.185 e. The lowest BCUT2D eigenvalue weighted by Crippen LogP contribution is -2.05. The number of hydrogen-bond donors (Lipinski definition) is 0. The van der Waals surface area contributed by atoms with Crippen LogP contribution in [-0.2, 0) is 12.5 Å². The van der Waals surface area contributed by atoms with Gasteiger partial charge in [0.1, 0.15) is 18.1 Å². The van der Waals surface area contributed by atoms with Crippen molar-refractivity contribution < 1.29 is 14.2 Å². The fourth-order valence-corrected chi connectivity index (χ4v) is 2.33. The minimum absolute atomic E-state index is 0.287. The van der Waals surface area contributed by atoms with Crippen molar-refractivity contribution in [2.45, 2.75) is 19.4 Å². The predicted molar refractivity (Wildman–Crippen MR) is 82.4 cm³/mol. The third kappa shape index (κ3) is 3.39. The highest BCUT2D eigenvalue weighted by atomic mass is 35.5. The predicted octanol–water partition coefficient (Wildman–Crippen LogP) is 3.73. The summed E-state index contributed by atoms with van der Waals surface area (Å²) in [5.74, 6) is 2.41. The molecule has 2 aromatic rings. The Morgan fingerprint density at radius 3 is 2.57 bits per heavy atom. The van der Waals surface area contributed by atoms with Crippen LogP contribution in [0, 0.1) is 6.92 Å². The van der Waals surface area contributed by atoms with E-state index in [0.717, 1.165) is 16.9 Å². The zero-order valence-corrected chi connectivity index (χ0v) is 13.1. The molecule has 112 valence electrons. The van der Waals surface area contributed by atoms with Crippen LogP contribution < -0.4 is 14.2 Å². The van der Waals surface area contributed by atoms with Crippen LogP contribution in [-0.4, -0.2) is 19.2 Å². The Labute approximate surface area is 129 Å². The highest BCUT2D eigenvalue weighted by Crippen LogP contribution is 2.31. The standard InChI is InChI=1S/C16H18ClNO3/c1-11-5-4-6-12(9-17)15(11)21-10-13-16(20-3)14(19-2)7-8-18-13/h4-8H,9-10H2,1-3H3. The molecule has 0 amide bonds. The molecule has 1 aromatic heterocycles. The maximum atomic E-state index is 5.95. The Morgan fingerprint density at radius 1 is 1.10 bits per heavy atom. The van der Waals surface area contributed by atoms with Gasteiger partial charge in [0.2, 0.25) is 0 Å². The first-order valence-corrected chi connectivity index (χ1v) is 7.07. The number of ether oxygens (including phenoxy) is 3. The van der Waals surface area contributed by atoms with E-state index in [4.69, 9.17) is 25.8 Å². The van der Waals surface area contributed by atoms with Crippen LogP contribution in [0.15, 0.2) is 30.5 Å². The van der Waals surface area contributed by atoms with Crippen molar-refractivity contribution in [1.82, 2.24) is 4.98 Å². The van der Waals surface area contributed by atoms with E-state index in [1.54, 1.807) is 26.5 Å². The summed E-state index contributed by atoms with van der Waals surface area (Å²) in [6.07, 6.45) is 1.67. The van der Waals surface area contributed by atoms with Gasteiger partial charge in [-0.3, -0.25) is 4.98 Å². The van der Waals surface area contributed by atoms with Crippen molar-refractivity contribution in [3.63, 3.8) is 0 Å². The first-order chi connectivity index (χ1) is 10.2. The average Bonchev–Trinajstić information content (AvgIpc) is 2.52. The highest BCUT2D eigenvalue weighted by molar-refractivity contribution is 6.17. The van der Waals surface area contributed by atoms with Crippen molar-refractivity contribution >= 4 is 11.6 Å². The molecule has 4 nitrogen and oxygen atoms in total. The Bertz CT molecular complexity index is 616. The molecule has 0 saturated carbocycles. The molecule has 21 heavy (non-hydrogen) atoms. The number of nitrogens with zero attached hydrogens (tertiary/aromatic N) is 1. The lowest BCUT2D eigenvalue weighted by Gasteiger charge is -2.15. The Kier molecular flexibility index (Phi) is 5.28. The first kappa shape index (κ1) is 15.4. The van der Waals surface area contributed by atoms with Gasteiger partial charge in [0.05, 0.1) is 20.1 Å². The van der Waals surface area contributed by atoms with Gasteiger partial charge in [-0.15, -0.1) is 11.6 Å². The van der Waals surface area contributed by atoms with Gasteiger partial charge in [0.15, 0.2) is 11.5 Å². The molecular weight excluding hydrogens is 290 g/mol. The van der Waals surface area contributed by atoms with E-state index < -0.39 is 0 Å². The molecule has 2 rings (SSSR count). The number of aromatic nitrogens is 1. The molecule has 0 unspecified atom stereocenters. The molecule has 0 bridgehead atoms. The molecule has 1 heterocycles. The maximum absolute atomic E-state index is 5.95. The minimum atomic E-state index is 0.287. The van der Waals surface area contributed by atoms with E-state index in [1.807, 2.05) is 25.1 Å². The average molecular weight is 308 g/mol. The zero-order valence-electron chi connectivity index (χ0n) is 12.4. The van der Waals surface area contributed by atoms with Gasteiger partial charge in [-0.25, -0.2) is 0 Å². The van der Waals surface area contributed by atoms with Crippen LogP contribution >= 0.6 is 11.6 Å². The number of methoxy groups -OCH3 is 2. The summed E-state index contributed by atoms with van der Waals surface area (Å²) in [7, 11) is 3.18. The summed E-state index contributed by atoms with van der Waals surface area (Å²) in [6.45, 7) is 2.27. The second-order valence-electron chi connectivity index (χ2n) is 4.48. The van der Waals surface area contributed by atoms with Crippen LogP contribution in [0.2, 0.25) is 0 Å². The second kappa shape index (κ2) is 7.18. The Balaban J connectivity index is 2.25. The number of hydrogen-bond acceptors (Lipinski definition) is 4. The topological polar surface area (TPSA) is 40.6 Å². The van der Waals surface area contributed by atoms with Crippen LogP contribution in [0.3, 0.4) is 0 Å².